The number of anilines is 2. The summed E-state index contributed by atoms with van der Waals surface area (Å²) in [4.78, 5) is 11.1. The number of nitrogens with one attached hydrogen (secondary N) is 2. The lowest BCUT2D eigenvalue weighted by Gasteiger charge is -2.28. The van der Waals surface area contributed by atoms with Gasteiger partial charge in [-0.25, -0.2) is 5.43 Å². The monoisotopic (exact) mass is 374 g/mol. The Morgan fingerprint density at radius 1 is 1.26 bits per heavy atom. The van der Waals surface area contributed by atoms with Crippen LogP contribution in [-0.4, -0.2) is 62.7 Å². The Kier molecular flexibility index (Phi) is 6.61. The van der Waals surface area contributed by atoms with Crippen LogP contribution in [0.3, 0.4) is 0 Å². The summed E-state index contributed by atoms with van der Waals surface area (Å²) in [5.74, 6) is 2.26. The molecule has 1 saturated heterocycles. The molecule has 0 atom stereocenters. The van der Waals surface area contributed by atoms with E-state index >= 15 is 0 Å². The lowest BCUT2D eigenvalue weighted by atomic mass is 10.3. The smallest absolute Gasteiger partial charge is 0.319 e. The van der Waals surface area contributed by atoms with Gasteiger partial charge >= 0.3 is 6.01 Å². The van der Waals surface area contributed by atoms with Crippen molar-refractivity contribution in [2.75, 3.05) is 56.8 Å². The molecule has 2 aromatic rings. The van der Waals surface area contributed by atoms with E-state index in [9.17, 15) is 0 Å². The molecular formula is C18H26N6O3. The highest BCUT2D eigenvalue weighted by atomic mass is 16.5. The van der Waals surface area contributed by atoms with E-state index in [-0.39, 0.29) is 0 Å². The van der Waals surface area contributed by atoms with Crippen molar-refractivity contribution in [1.29, 1.82) is 0 Å². The maximum Gasteiger partial charge on any atom is 0.319 e. The van der Waals surface area contributed by atoms with Crippen molar-refractivity contribution in [3.05, 3.63) is 29.2 Å². The molecule has 0 radical (unpaired) electrons. The van der Waals surface area contributed by atoms with Crippen LogP contribution in [0.25, 0.3) is 0 Å². The van der Waals surface area contributed by atoms with Crippen molar-refractivity contribution in [1.82, 2.24) is 15.3 Å². The standard InChI is InChI=1S/C18H26N6O3/c1-13-10-17(27-14(13)2)23-20-12-15-11-16(24-5-8-25-9-6-24)22-18(21-15)26-7-4-19-3/h10-12,19,23H,4-9H2,1-3H3/b20-12+. The van der Waals surface area contributed by atoms with Gasteiger partial charge in [-0.2, -0.15) is 15.1 Å². The van der Waals surface area contributed by atoms with Crippen LogP contribution in [0.1, 0.15) is 17.0 Å². The first-order valence-electron chi connectivity index (χ1n) is 9.01. The third-order valence-electron chi connectivity index (χ3n) is 4.17. The van der Waals surface area contributed by atoms with E-state index in [1.54, 1.807) is 6.21 Å². The maximum atomic E-state index is 5.66. The number of ether oxygens (including phenoxy) is 2. The van der Waals surface area contributed by atoms with Crippen LogP contribution in [0.15, 0.2) is 21.7 Å². The molecule has 0 aromatic carbocycles. The number of morpholine rings is 1. The van der Waals surface area contributed by atoms with Gasteiger partial charge in [0.25, 0.3) is 0 Å². The third kappa shape index (κ3) is 5.41. The van der Waals surface area contributed by atoms with E-state index in [0.717, 1.165) is 30.2 Å². The summed E-state index contributed by atoms with van der Waals surface area (Å²) in [6, 6.07) is 4.12. The predicted octanol–water partition coefficient (Wildman–Crippen LogP) is 1.57. The Bertz CT molecular complexity index is 751. The number of likely N-dealkylation sites (N-methyl/N-ethyl adjacent to an activating group) is 1. The first-order valence-corrected chi connectivity index (χ1v) is 9.01. The highest BCUT2D eigenvalue weighted by molar-refractivity contribution is 5.79. The second-order valence-electron chi connectivity index (χ2n) is 6.20. The zero-order valence-electron chi connectivity index (χ0n) is 16.0. The van der Waals surface area contributed by atoms with Crippen LogP contribution in [0.4, 0.5) is 11.7 Å². The van der Waals surface area contributed by atoms with Crippen molar-refractivity contribution < 1.29 is 13.9 Å². The minimum atomic E-state index is 0.334. The summed E-state index contributed by atoms with van der Waals surface area (Å²) < 4.78 is 16.6. The number of hydrogen-bond donors (Lipinski definition) is 2. The molecule has 1 aliphatic rings. The summed E-state index contributed by atoms with van der Waals surface area (Å²) in [5, 5.41) is 7.26. The lowest BCUT2D eigenvalue weighted by molar-refractivity contribution is 0.122. The molecule has 1 fully saturated rings. The quantitative estimate of drug-likeness (QED) is 0.408. The van der Waals surface area contributed by atoms with Crippen LogP contribution >= 0.6 is 0 Å². The van der Waals surface area contributed by atoms with Gasteiger partial charge in [0.15, 0.2) is 0 Å². The van der Waals surface area contributed by atoms with Crippen LogP contribution in [0.2, 0.25) is 0 Å². The van der Waals surface area contributed by atoms with E-state index in [1.807, 2.05) is 33.0 Å². The molecule has 0 spiro atoms. The fraction of sp³-hybridized carbons (Fsp3) is 0.500. The first kappa shape index (κ1) is 19.1. The SMILES string of the molecule is CNCCOc1nc(/C=N/Nc2cc(C)c(C)o2)cc(N2CCOCC2)n1. The van der Waals surface area contributed by atoms with Gasteiger partial charge < -0.3 is 24.1 Å². The third-order valence-corrected chi connectivity index (χ3v) is 4.17. The minimum absolute atomic E-state index is 0.334. The number of hydrogen-bond acceptors (Lipinski definition) is 9. The van der Waals surface area contributed by atoms with Gasteiger partial charge in [-0.1, -0.05) is 0 Å². The van der Waals surface area contributed by atoms with Crippen LogP contribution < -0.4 is 20.4 Å². The van der Waals surface area contributed by atoms with E-state index in [2.05, 4.69) is 30.7 Å². The topological polar surface area (TPSA) is 97.0 Å². The molecular weight excluding hydrogens is 348 g/mol. The Balaban J connectivity index is 1.74. The summed E-state index contributed by atoms with van der Waals surface area (Å²) in [6.45, 7) is 8.04. The molecule has 0 aliphatic carbocycles. The number of rotatable bonds is 8. The summed E-state index contributed by atoms with van der Waals surface area (Å²) in [7, 11) is 1.87. The van der Waals surface area contributed by atoms with Crippen molar-refractivity contribution in [2.24, 2.45) is 5.10 Å². The number of furan rings is 1. The van der Waals surface area contributed by atoms with E-state index < -0.39 is 0 Å². The van der Waals surface area contributed by atoms with E-state index in [4.69, 9.17) is 13.9 Å². The second kappa shape index (κ2) is 9.33. The first-order chi connectivity index (χ1) is 13.2. The van der Waals surface area contributed by atoms with Gasteiger partial charge in [-0.15, -0.1) is 0 Å². The van der Waals surface area contributed by atoms with Crippen molar-refractivity contribution in [3.63, 3.8) is 0 Å². The molecule has 2 N–H and O–H groups in total. The second-order valence-corrected chi connectivity index (χ2v) is 6.20. The molecule has 1 aliphatic heterocycles. The van der Waals surface area contributed by atoms with Gasteiger partial charge in [0, 0.05) is 31.8 Å². The molecule has 27 heavy (non-hydrogen) atoms. The van der Waals surface area contributed by atoms with Crippen molar-refractivity contribution in [3.8, 4) is 6.01 Å². The van der Waals surface area contributed by atoms with Gasteiger partial charge in [0.05, 0.1) is 25.1 Å². The van der Waals surface area contributed by atoms with E-state index in [1.165, 1.54) is 0 Å². The zero-order valence-corrected chi connectivity index (χ0v) is 16.0. The highest BCUT2D eigenvalue weighted by Gasteiger charge is 2.15. The van der Waals surface area contributed by atoms with Crippen LogP contribution in [-0.2, 0) is 4.74 Å². The van der Waals surface area contributed by atoms with Crippen LogP contribution in [0.5, 0.6) is 6.01 Å². The normalized spacial score (nSPS) is 14.7. The largest absolute Gasteiger partial charge is 0.462 e. The number of aryl methyl sites for hydroxylation is 2. The average molecular weight is 374 g/mol. The molecule has 2 aromatic heterocycles. The molecule has 3 heterocycles. The molecule has 3 rings (SSSR count). The molecule has 9 nitrogen and oxygen atoms in total. The lowest BCUT2D eigenvalue weighted by Crippen LogP contribution is -2.37. The predicted molar refractivity (Wildman–Crippen MR) is 104 cm³/mol. The fourth-order valence-corrected chi connectivity index (χ4v) is 2.55. The highest BCUT2D eigenvalue weighted by Crippen LogP contribution is 2.19. The summed E-state index contributed by atoms with van der Waals surface area (Å²) >= 11 is 0. The Morgan fingerprint density at radius 2 is 2.07 bits per heavy atom. The Hall–Kier alpha value is -2.65. The van der Waals surface area contributed by atoms with E-state index in [0.29, 0.717) is 44.0 Å². The minimum Gasteiger partial charge on any atom is -0.462 e. The molecule has 146 valence electrons. The number of nitrogens with zero attached hydrogens (tertiary/aromatic N) is 4. The molecule has 0 amide bonds. The molecule has 0 unspecified atom stereocenters. The van der Waals surface area contributed by atoms with Crippen LogP contribution in [0, 0.1) is 13.8 Å². The zero-order chi connectivity index (χ0) is 19.1. The summed E-state index contributed by atoms with van der Waals surface area (Å²) in [6.07, 6.45) is 1.63. The molecule has 9 heteroatoms. The van der Waals surface area contributed by atoms with Gasteiger partial charge in [-0.05, 0) is 26.5 Å². The van der Waals surface area contributed by atoms with Crippen molar-refractivity contribution >= 4 is 17.9 Å². The fourth-order valence-electron chi connectivity index (χ4n) is 2.55. The number of aromatic nitrogens is 2. The molecule has 0 bridgehead atoms. The van der Waals surface area contributed by atoms with Gasteiger partial charge in [0.2, 0.25) is 5.88 Å². The molecule has 0 saturated carbocycles. The maximum absolute atomic E-state index is 5.66. The number of hydrazone groups is 1. The van der Waals surface area contributed by atoms with Gasteiger partial charge in [0.1, 0.15) is 18.2 Å². The Labute approximate surface area is 158 Å². The Morgan fingerprint density at radius 3 is 2.78 bits per heavy atom. The van der Waals surface area contributed by atoms with Crippen molar-refractivity contribution in [2.45, 2.75) is 13.8 Å². The van der Waals surface area contributed by atoms with Gasteiger partial charge in [-0.3, -0.25) is 0 Å². The average Bonchev–Trinajstić information content (AvgIpc) is 3.00. The summed E-state index contributed by atoms with van der Waals surface area (Å²) in [5.41, 5.74) is 4.61.